The van der Waals surface area contributed by atoms with Gasteiger partial charge in [-0.25, -0.2) is 0 Å². The standard InChI is InChI=1S/C13H18N2OS2/c1-16-9-3-4-10(12(14)17)11(7-9)15-8-13(18-2)5-6-13/h3-4,7,15H,5-6,8H2,1-2H3,(H2,14,17). The van der Waals surface area contributed by atoms with E-state index in [9.17, 15) is 0 Å². The van der Waals surface area contributed by atoms with Crippen LogP contribution in [0.3, 0.4) is 0 Å². The minimum Gasteiger partial charge on any atom is -0.497 e. The third-order valence-electron chi connectivity index (χ3n) is 3.33. The summed E-state index contributed by atoms with van der Waals surface area (Å²) in [5.41, 5.74) is 7.58. The Morgan fingerprint density at radius 3 is 2.78 bits per heavy atom. The van der Waals surface area contributed by atoms with Crippen molar-refractivity contribution >= 4 is 34.7 Å². The van der Waals surface area contributed by atoms with Gasteiger partial charge in [-0.1, -0.05) is 12.2 Å². The average Bonchev–Trinajstić information content (AvgIpc) is 3.16. The highest BCUT2D eigenvalue weighted by Gasteiger charge is 2.41. The fraction of sp³-hybridized carbons (Fsp3) is 0.462. The summed E-state index contributed by atoms with van der Waals surface area (Å²) >= 11 is 7.00. The van der Waals surface area contributed by atoms with Crippen molar-refractivity contribution in [1.29, 1.82) is 0 Å². The molecule has 98 valence electrons. The Bertz CT molecular complexity index is 458. The number of thiocarbonyl (C=S) groups is 1. The van der Waals surface area contributed by atoms with Crippen LogP contribution < -0.4 is 15.8 Å². The SMILES string of the molecule is COc1ccc(C(N)=S)c(NCC2(SC)CC2)c1. The van der Waals surface area contributed by atoms with Crippen LogP contribution in [0.5, 0.6) is 5.75 Å². The molecular formula is C13H18N2OS2. The normalized spacial score (nSPS) is 16.1. The van der Waals surface area contributed by atoms with E-state index >= 15 is 0 Å². The third-order valence-corrected chi connectivity index (χ3v) is 4.97. The van der Waals surface area contributed by atoms with Crippen molar-refractivity contribution in [2.45, 2.75) is 17.6 Å². The van der Waals surface area contributed by atoms with E-state index in [0.29, 0.717) is 9.74 Å². The van der Waals surface area contributed by atoms with Gasteiger partial charge >= 0.3 is 0 Å². The summed E-state index contributed by atoms with van der Waals surface area (Å²) in [4.78, 5) is 0.411. The number of hydrogen-bond acceptors (Lipinski definition) is 4. The van der Waals surface area contributed by atoms with E-state index in [1.807, 2.05) is 30.0 Å². The van der Waals surface area contributed by atoms with Gasteiger partial charge in [-0.2, -0.15) is 11.8 Å². The topological polar surface area (TPSA) is 47.3 Å². The van der Waals surface area contributed by atoms with E-state index < -0.39 is 0 Å². The Kier molecular flexibility index (Phi) is 4.02. The minimum atomic E-state index is 0.399. The highest BCUT2D eigenvalue weighted by atomic mass is 32.2. The first-order chi connectivity index (χ1) is 8.60. The van der Waals surface area contributed by atoms with E-state index in [1.165, 1.54) is 12.8 Å². The molecule has 1 aromatic carbocycles. The number of rotatable bonds is 6. The van der Waals surface area contributed by atoms with E-state index in [-0.39, 0.29) is 0 Å². The van der Waals surface area contributed by atoms with Crippen LogP contribution in [0, 0.1) is 0 Å². The van der Waals surface area contributed by atoms with Gasteiger partial charge in [0.2, 0.25) is 0 Å². The highest BCUT2D eigenvalue weighted by molar-refractivity contribution is 8.00. The Hall–Kier alpha value is -0.940. The van der Waals surface area contributed by atoms with Crippen molar-refractivity contribution in [3.05, 3.63) is 23.8 Å². The molecule has 0 unspecified atom stereocenters. The maximum atomic E-state index is 5.74. The number of nitrogens with two attached hydrogens (primary N) is 1. The molecule has 0 aliphatic heterocycles. The molecule has 1 fully saturated rings. The maximum Gasteiger partial charge on any atom is 0.120 e. The van der Waals surface area contributed by atoms with Crippen molar-refractivity contribution < 1.29 is 4.74 Å². The predicted molar refractivity (Wildman–Crippen MR) is 82.9 cm³/mol. The summed E-state index contributed by atoms with van der Waals surface area (Å²) in [5.74, 6) is 0.812. The quantitative estimate of drug-likeness (QED) is 0.786. The van der Waals surface area contributed by atoms with Crippen LogP contribution in [0.15, 0.2) is 18.2 Å². The van der Waals surface area contributed by atoms with Crippen LogP contribution in [0.2, 0.25) is 0 Å². The monoisotopic (exact) mass is 282 g/mol. The van der Waals surface area contributed by atoms with E-state index in [2.05, 4.69) is 11.6 Å². The highest BCUT2D eigenvalue weighted by Crippen LogP contribution is 2.47. The van der Waals surface area contributed by atoms with Crippen molar-refractivity contribution in [1.82, 2.24) is 0 Å². The zero-order valence-electron chi connectivity index (χ0n) is 10.7. The van der Waals surface area contributed by atoms with Crippen molar-refractivity contribution in [2.75, 3.05) is 25.2 Å². The molecule has 3 nitrogen and oxygen atoms in total. The van der Waals surface area contributed by atoms with E-state index in [1.54, 1.807) is 7.11 Å². The molecule has 5 heteroatoms. The summed E-state index contributed by atoms with van der Waals surface area (Å²) in [7, 11) is 1.66. The first kappa shape index (κ1) is 13.5. The number of methoxy groups -OCH3 is 1. The zero-order valence-corrected chi connectivity index (χ0v) is 12.3. The van der Waals surface area contributed by atoms with Gasteiger partial charge in [0.25, 0.3) is 0 Å². The molecule has 0 atom stereocenters. The summed E-state index contributed by atoms with van der Waals surface area (Å²) in [6.45, 7) is 0.941. The second kappa shape index (κ2) is 5.36. The number of nitrogens with one attached hydrogen (secondary N) is 1. The summed E-state index contributed by atoms with van der Waals surface area (Å²) < 4.78 is 5.63. The molecule has 0 radical (unpaired) electrons. The second-order valence-corrected chi connectivity index (χ2v) is 6.23. The molecular weight excluding hydrogens is 264 g/mol. The number of ether oxygens (including phenoxy) is 1. The summed E-state index contributed by atoms with van der Waals surface area (Å²) in [6, 6.07) is 5.73. The van der Waals surface area contributed by atoms with Gasteiger partial charge in [-0.15, -0.1) is 0 Å². The summed E-state index contributed by atoms with van der Waals surface area (Å²) in [5, 5.41) is 3.45. The van der Waals surface area contributed by atoms with Crippen LogP contribution in [0.4, 0.5) is 5.69 Å². The van der Waals surface area contributed by atoms with Gasteiger partial charge in [0, 0.05) is 28.6 Å². The molecule has 3 N–H and O–H groups in total. The van der Waals surface area contributed by atoms with Gasteiger partial charge in [-0.3, -0.25) is 0 Å². The van der Waals surface area contributed by atoms with Crippen molar-refractivity contribution in [2.24, 2.45) is 5.73 Å². The Labute approximate surface area is 117 Å². The summed E-state index contributed by atoms with van der Waals surface area (Å²) in [6.07, 6.45) is 4.70. The van der Waals surface area contributed by atoms with Gasteiger partial charge < -0.3 is 15.8 Å². The lowest BCUT2D eigenvalue weighted by molar-refractivity contribution is 0.415. The Morgan fingerprint density at radius 1 is 1.56 bits per heavy atom. The lowest BCUT2D eigenvalue weighted by Crippen LogP contribution is -2.20. The molecule has 18 heavy (non-hydrogen) atoms. The Morgan fingerprint density at radius 2 is 2.28 bits per heavy atom. The largest absolute Gasteiger partial charge is 0.497 e. The van der Waals surface area contributed by atoms with Crippen molar-refractivity contribution in [3.8, 4) is 5.75 Å². The molecule has 0 amide bonds. The number of hydrogen-bond donors (Lipinski definition) is 2. The van der Waals surface area contributed by atoms with Crippen LogP contribution in [-0.4, -0.2) is 29.6 Å². The lowest BCUT2D eigenvalue weighted by atomic mass is 10.1. The first-order valence-electron chi connectivity index (χ1n) is 5.87. The molecule has 0 spiro atoms. The molecule has 1 saturated carbocycles. The molecule has 2 rings (SSSR count). The maximum absolute atomic E-state index is 5.74. The molecule has 0 bridgehead atoms. The zero-order chi connectivity index (χ0) is 13.2. The molecule has 0 aromatic heterocycles. The molecule has 0 saturated heterocycles. The van der Waals surface area contributed by atoms with Gasteiger partial charge in [0.1, 0.15) is 10.7 Å². The van der Waals surface area contributed by atoms with Gasteiger partial charge in [-0.05, 0) is 31.2 Å². The van der Waals surface area contributed by atoms with Crippen LogP contribution in [0.25, 0.3) is 0 Å². The van der Waals surface area contributed by atoms with Crippen LogP contribution >= 0.6 is 24.0 Å². The molecule has 0 heterocycles. The third kappa shape index (κ3) is 2.90. The number of anilines is 1. The predicted octanol–water partition coefficient (Wildman–Crippen LogP) is 2.64. The lowest BCUT2D eigenvalue weighted by Gasteiger charge is -2.17. The minimum absolute atomic E-state index is 0.399. The van der Waals surface area contributed by atoms with Gasteiger partial charge in [0.15, 0.2) is 0 Å². The van der Waals surface area contributed by atoms with Crippen molar-refractivity contribution in [3.63, 3.8) is 0 Å². The van der Waals surface area contributed by atoms with Gasteiger partial charge in [0.05, 0.1) is 7.11 Å². The Balaban J connectivity index is 2.16. The van der Waals surface area contributed by atoms with E-state index in [0.717, 1.165) is 23.5 Å². The molecule has 1 aliphatic carbocycles. The van der Waals surface area contributed by atoms with Crippen LogP contribution in [0.1, 0.15) is 18.4 Å². The van der Waals surface area contributed by atoms with E-state index in [4.69, 9.17) is 22.7 Å². The average molecular weight is 282 g/mol. The second-order valence-electron chi connectivity index (χ2n) is 4.52. The smallest absolute Gasteiger partial charge is 0.120 e. The first-order valence-corrected chi connectivity index (χ1v) is 7.50. The number of thioether (sulfide) groups is 1. The fourth-order valence-corrected chi connectivity index (χ4v) is 2.77. The molecule has 1 aliphatic rings. The fourth-order valence-electron chi connectivity index (χ4n) is 1.86. The molecule has 1 aromatic rings. The number of benzene rings is 1. The van der Waals surface area contributed by atoms with Crippen LogP contribution in [-0.2, 0) is 0 Å².